The van der Waals surface area contributed by atoms with Gasteiger partial charge in [0.25, 0.3) is 0 Å². The molecule has 1 aromatic rings. The lowest BCUT2D eigenvalue weighted by atomic mass is 10.3. The maximum absolute atomic E-state index is 12.5. The standard InChI is InChI=1S/C12H15NO6S/c1-18-9-2-4-10(5-3-9)20(16,17)13-6-7-19-8-11(13)12(14)15/h2-5,11H,6-8H2,1H3,(H,14,15). The Morgan fingerprint density at radius 1 is 1.40 bits per heavy atom. The number of aliphatic carboxylic acids is 1. The first-order valence-electron chi connectivity index (χ1n) is 5.93. The van der Waals surface area contributed by atoms with Crippen molar-refractivity contribution in [3.05, 3.63) is 24.3 Å². The van der Waals surface area contributed by atoms with Crippen LogP contribution < -0.4 is 4.74 Å². The fourth-order valence-electron chi connectivity index (χ4n) is 1.95. The molecule has 1 aromatic carbocycles. The summed E-state index contributed by atoms with van der Waals surface area (Å²) < 4.78 is 35.9. The third-order valence-corrected chi connectivity index (χ3v) is 4.95. The summed E-state index contributed by atoms with van der Waals surface area (Å²) in [5.41, 5.74) is 0. The van der Waals surface area contributed by atoms with Crippen LogP contribution in [0.25, 0.3) is 0 Å². The van der Waals surface area contributed by atoms with Crippen LogP contribution >= 0.6 is 0 Å². The van der Waals surface area contributed by atoms with Crippen LogP contribution in [0.1, 0.15) is 0 Å². The molecule has 1 heterocycles. The highest BCUT2D eigenvalue weighted by Gasteiger charge is 2.38. The summed E-state index contributed by atoms with van der Waals surface area (Å²) >= 11 is 0. The van der Waals surface area contributed by atoms with Gasteiger partial charge in [-0.15, -0.1) is 0 Å². The van der Waals surface area contributed by atoms with Gasteiger partial charge in [0.2, 0.25) is 10.0 Å². The molecule has 0 radical (unpaired) electrons. The number of hydrogen-bond donors (Lipinski definition) is 1. The number of benzene rings is 1. The Hall–Kier alpha value is -1.64. The van der Waals surface area contributed by atoms with Crippen LogP contribution in [-0.4, -0.2) is 56.7 Å². The van der Waals surface area contributed by atoms with Gasteiger partial charge in [-0.05, 0) is 24.3 Å². The smallest absolute Gasteiger partial charge is 0.324 e. The summed E-state index contributed by atoms with van der Waals surface area (Å²) in [6.45, 7) is 0.0508. The van der Waals surface area contributed by atoms with E-state index in [0.29, 0.717) is 5.75 Å². The van der Waals surface area contributed by atoms with Gasteiger partial charge in [-0.2, -0.15) is 4.31 Å². The molecular weight excluding hydrogens is 286 g/mol. The van der Waals surface area contributed by atoms with Gasteiger partial charge in [-0.25, -0.2) is 8.42 Å². The van der Waals surface area contributed by atoms with Crippen LogP contribution in [0.4, 0.5) is 0 Å². The monoisotopic (exact) mass is 301 g/mol. The van der Waals surface area contributed by atoms with Crippen molar-refractivity contribution in [3.8, 4) is 5.75 Å². The quantitative estimate of drug-likeness (QED) is 0.852. The molecule has 8 heteroatoms. The van der Waals surface area contributed by atoms with Gasteiger partial charge in [0.05, 0.1) is 25.2 Å². The van der Waals surface area contributed by atoms with Crippen molar-refractivity contribution in [2.45, 2.75) is 10.9 Å². The zero-order valence-electron chi connectivity index (χ0n) is 10.9. The van der Waals surface area contributed by atoms with Gasteiger partial charge >= 0.3 is 5.97 Å². The molecule has 0 saturated carbocycles. The zero-order valence-corrected chi connectivity index (χ0v) is 11.7. The van der Waals surface area contributed by atoms with Crippen LogP contribution in [-0.2, 0) is 19.6 Å². The van der Waals surface area contributed by atoms with Crippen molar-refractivity contribution in [2.75, 3.05) is 26.9 Å². The average Bonchev–Trinajstić information content (AvgIpc) is 2.47. The van der Waals surface area contributed by atoms with Gasteiger partial charge in [0.15, 0.2) is 0 Å². The first kappa shape index (κ1) is 14.8. The zero-order chi connectivity index (χ0) is 14.8. The second-order valence-electron chi connectivity index (χ2n) is 4.22. The lowest BCUT2D eigenvalue weighted by Gasteiger charge is -2.31. The second kappa shape index (κ2) is 5.78. The molecule has 1 unspecified atom stereocenters. The predicted octanol–water partition coefficient (Wildman–Crippen LogP) is 0.169. The van der Waals surface area contributed by atoms with Crippen molar-refractivity contribution in [1.29, 1.82) is 0 Å². The van der Waals surface area contributed by atoms with Gasteiger partial charge < -0.3 is 14.6 Å². The molecule has 0 amide bonds. The normalized spacial score (nSPS) is 20.6. The van der Waals surface area contributed by atoms with Crippen LogP contribution in [0.5, 0.6) is 5.75 Å². The van der Waals surface area contributed by atoms with Crippen LogP contribution in [0.3, 0.4) is 0 Å². The number of methoxy groups -OCH3 is 1. The minimum atomic E-state index is -3.86. The number of nitrogens with zero attached hydrogens (tertiary/aromatic N) is 1. The molecule has 1 N–H and O–H groups in total. The SMILES string of the molecule is COc1ccc(S(=O)(=O)N2CCOCC2C(=O)O)cc1. The first-order valence-corrected chi connectivity index (χ1v) is 7.37. The van der Waals surface area contributed by atoms with Crippen LogP contribution in [0.2, 0.25) is 0 Å². The highest BCUT2D eigenvalue weighted by molar-refractivity contribution is 7.89. The summed E-state index contributed by atoms with van der Waals surface area (Å²) in [6, 6.07) is 4.62. The number of sulfonamides is 1. The van der Waals surface area contributed by atoms with E-state index in [-0.39, 0.29) is 24.7 Å². The van der Waals surface area contributed by atoms with Crippen LogP contribution in [0.15, 0.2) is 29.2 Å². The maximum Gasteiger partial charge on any atom is 0.324 e. The highest BCUT2D eigenvalue weighted by Crippen LogP contribution is 2.22. The van der Waals surface area contributed by atoms with Gasteiger partial charge in [-0.1, -0.05) is 0 Å². The molecule has 1 saturated heterocycles. The molecule has 0 bridgehead atoms. The molecule has 20 heavy (non-hydrogen) atoms. The maximum atomic E-state index is 12.5. The van der Waals surface area contributed by atoms with E-state index in [1.807, 2.05) is 0 Å². The Balaban J connectivity index is 2.34. The topological polar surface area (TPSA) is 93.1 Å². The summed E-state index contributed by atoms with van der Waals surface area (Å²) in [4.78, 5) is 11.2. The average molecular weight is 301 g/mol. The first-order chi connectivity index (χ1) is 9.46. The van der Waals surface area contributed by atoms with E-state index < -0.39 is 22.0 Å². The number of carboxylic acid groups (broad SMARTS) is 1. The summed E-state index contributed by atoms with van der Waals surface area (Å²) in [5.74, 6) is -0.692. The summed E-state index contributed by atoms with van der Waals surface area (Å²) in [7, 11) is -2.39. The molecule has 110 valence electrons. The molecule has 1 aliphatic heterocycles. The predicted molar refractivity (Wildman–Crippen MR) is 69.1 cm³/mol. The van der Waals surface area contributed by atoms with E-state index in [2.05, 4.69) is 0 Å². The van der Waals surface area contributed by atoms with Gasteiger partial charge in [0, 0.05) is 6.54 Å². The molecule has 7 nitrogen and oxygen atoms in total. The second-order valence-corrected chi connectivity index (χ2v) is 6.11. The number of ether oxygens (including phenoxy) is 2. The Labute approximate surface area is 116 Å². The fourth-order valence-corrected chi connectivity index (χ4v) is 3.51. The van der Waals surface area contributed by atoms with Crippen molar-refractivity contribution in [2.24, 2.45) is 0 Å². The number of hydrogen-bond acceptors (Lipinski definition) is 5. The van der Waals surface area contributed by atoms with Gasteiger partial charge in [-0.3, -0.25) is 4.79 Å². The Kier molecular flexibility index (Phi) is 4.26. The number of carboxylic acids is 1. The minimum Gasteiger partial charge on any atom is -0.497 e. The Morgan fingerprint density at radius 3 is 2.60 bits per heavy atom. The van der Waals surface area contributed by atoms with Crippen LogP contribution in [0, 0.1) is 0 Å². The highest BCUT2D eigenvalue weighted by atomic mass is 32.2. The third-order valence-electron chi connectivity index (χ3n) is 3.03. The van der Waals surface area contributed by atoms with Crippen molar-refractivity contribution in [1.82, 2.24) is 4.31 Å². The largest absolute Gasteiger partial charge is 0.497 e. The van der Waals surface area contributed by atoms with E-state index in [9.17, 15) is 13.2 Å². The van der Waals surface area contributed by atoms with E-state index >= 15 is 0 Å². The van der Waals surface area contributed by atoms with E-state index in [1.54, 1.807) is 0 Å². The summed E-state index contributed by atoms with van der Waals surface area (Å²) in [6.07, 6.45) is 0. The summed E-state index contributed by atoms with van der Waals surface area (Å²) in [5, 5.41) is 9.09. The van der Waals surface area contributed by atoms with E-state index in [1.165, 1.54) is 31.4 Å². The molecule has 0 spiro atoms. The third kappa shape index (κ3) is 2.77. The lowest BCUT2D eigenvalue weighted by Crippen LogP contribution is -2.52. The molecule has 0 aromatic heterocycles. The fraction of sp³-hybridized carbons (Fsp3) is 0.417. The number of rotatable bonds is 4. The van der Waals surface area contributed by atoms with E-state index in [0.717, 1.165) is 4.31 Å². The molecule has 1 atom stereocenters. The molecule has 0 aliphatic carbocycles. The molecule has 2 rings (SSSR count). The number of morpholine rings is 1. The molecular formula is C12H15NO6S. The van der Waals surface area contributed by atoms with Crippen molar-refractivity contribution >= 4 is 16.0 Å². The minimum absolute atomic E-state index is 0.0192. The number of carbonyl (C=O) groups is 1. The molecule has 1 aliphatic rings. The van der Waals surface area contributed by atoms with Crippen molar-refractivity contribution in [3.63, 3.8) is 0 Å². The Bertz CT molecular complexity index is 582. The Morgan fingerprint density at radius 2 is 2.05 bits per heavy atom. The van der Waals surface area contributed by atoms with Gasteiger partial charge in [0.1, 0.15) is 11.8 Å². The van der Waals surface area contributed by atoms with Crippen molar-refractivity contribution < 1.29 is 27.8 Å². The molecule has 1 fully saturated rings. The van der Waals surface area contributed by atoms with E-state index in [4.69, 9.17) is 14.6 Å². The lowest BCUT2D eigenvalue weighted by molar-refractivity contribution is -0.146.